The van der Waals surface area contributed by atoms with Gasteiger partial charge in [0, 0.05) is 17.3 Å². The van der Waals surface area contributed by atoms with Crippen LogP contribution in [0.1, 0.15) is 48.2 Å². The van der Waals surface area contributed by atoms with Crippen molar-refractivity contribution in [2.75, 3.05) is 11.9 Å². The lowest BCUT2D eigenvalue weighted by Gasteiger charge is -2.33. The molecule has 4 N–H and O–H groups in total. The number of thiocarbonyl (C=S) groups is 1. The number of nitrogens with one attached hydrogen (secondary N) is 4. The van der Waals surface area contributed by atoms with Crippen LogP contribution in [-0.2, 0) is 21.4 Å². The summed E-state index contributed by atoms with van der Waals surface area (Å²) >= 11 is 5.12. The van der Waals surface area contributed by atoms with Crippen molar-refractivity contribution < 1.29 is 26.8 Å². The second-order valence-corrected chi connectivity index (χ2v) is 11.6. The topological polar surface area (TPSA) is 133 Å². The van der Waals surface area contributed by atoms with Crippen molar-refractivity contribution in [3.8, 4) is 0 Å². The monoisotopic (exact) mass is 587 g/mol. The Hall–Kier alpha value is -3.81. The van der Waals surface area contributed by atoms with Crippen molar-refractivity contribution in [2.45, 2.75) is 49.6 Å². The Bertz CT molecular complexity index is 1410. The highest BCUT2D eigenvalue weighted by atomic mass is 32.2. The fourth-order valence-corrected chi connectivity index (χ4v) is 6.14. The van der Waals surface area contributed by atoms with Gasteiger partial charge in [-0.15, -0.1) is 0 Å². The van der Waals surface area contributed by atoms with E-state index < -0.39 is 27.7 Å². The standard InChI is InChI=1S/C27H30FN5O5S2/c28-20-10-12-21(13-11-20)30-25(34)18-33(22-5-2-1-3-6-22)40(36,37)24-14-8-19(9-15-24)26(35)31-32-27(39)29-17-23-7-4-16-38-23/h4,7-16,22H,1-3,5-6,17-18H2,(H,30,34)(H,31,35)(H2,29,32,39). The molecule has 1 fully saturated rings. The summed E-state index contributed by atoms with van der Waals surface area (Å²) in [5.74, 6) is -0.822. The summed E-state index contributed by atoms with van der Waals surface area (Å²) in [5.41, 5.74) is 5.61. The SMILES string of the molecule is O=C(CN(C1CCCCC1)S(=O)(=O)c1ccc(C(=O)NNC(=S)NCc2ccco2)cc1)Nc1ccc(F)cc1. The lowest BCUT2D eigenvalue weighted by atomic mass is 9.95. The van der Waals surface area contributed by atoms with Gasteiger partial charge >= 0.3 is 0 Å². The Balaban J connectivity index is 1.40. The highest BCUT2D eigenvalue weighted by Crippen LogP contribution is 2.28. The van der Waals surface area contributed by atoms with Crippen molar-refractivity contribution in [3.05, 3.63) is 84.1 Å². The van der Waals surface area contributed by atoms with Gasteiger partial charge in [-0.3, -0.25) is 20.4 Å². The molecule has 2 amide bonds. The lowest BCUT2D eigenvalue weighted by Crippen LogP contribution is -2.46. The van der Waals surface area contributed by atoms with Gasteiger partial charge < -0.3 is 15.1 Å². The number of hydrazine groups is 1. The van der Waals surface area contributed by atoms with Crippen LogP contribution in [0.5, 0.6) is 0 Å². The number of anilines is 1. The summed E-state index contributed by atoms with van der Waals surface area (Å²) in [5, 5.41) is 5.68. The van der Waals surface area contributed by atoms with Crippen LogP contribution in [0.25, 0.3) is 0 Å². The zero-order valence-electron chi connectivity index (χ0n) is 21.6. The van der Waals surface area contributed by atoms with Crippen LogP contribution in [0.3, 0.4) is 0 Å². The first-order valence-corrected chi connectivity index (χ1v) is 14.6. The molecular formula is C27H30FN5O5S2. The average molecular weight is 588 g/mol. The maximum atomic E-state index is 13.7. The molecule has 1 heterocycles. The molecule has 0 aliphatic heterocycles. The molecule has 1 aliphatic carbocycles. The van der Waals surface area contributed by atoms with E-state index >= 15 is 0 Å². The van der Waals surface area contributed by atoms with Crippen molar-refractivity contribution in [3.63, 3.8) is 0 Å². The van der Waals surface area contributed by atoms with Crippen LogP contribution < -0.4 is 21.5 Å². The number of nitrogens with zero attached hydrogens (tertiary/aromatic N) is 1. The molecule has 0 bridgehead atoms. The smallest absolute Gasteiger partial charge is 0.269 e. The first-order valence-electron chi connectivity index (χ1n) is 12.8. The third kappa shape index (κ3) is 7.87. The second kappa shape index (κ2) is 13.5. The van der Waals surface area contributed by atoms with E-state index in [1.165, 1.54) is 59.1 Å². The molecule has 1 aromatic heterocycles. The fraction of sp³-hybridized carbons (Fsp3) is 0.296. The van der Waals surface area contributed by atoms with Crippen molar-refractivity contribution >= 4 is 44.9 Å². The number of amides is 2. The van der Waals surface area contributed by atoms with Gasteiger partial charge in [0.1, 0.15) is 11.6 Å². The molecule has 10 nitrogen and oxygen atoms in total. The quantitative estimate of drug-likeness (QED) is 0.220. The molecule has 2 aromatic carbocycles. The van der Waals surface area contributed by atoms with E-state index in [0.717, 1.165) is 19.3 Å². The van der Waals surface area contributed by atoms with Crippen LogP contribution in [0, 0.1) is 5.82 Å². The molecule has 4 rings (SSSR count). The van der Waals surface area contributed by atoms with E-state index in [2.05, 4.69) is 21.5 Å². The van der Waals surface area contributed by atoms with Gasteiger partial charge in [-0.2, -0.15) is 4.31 Å². The van der Waals surface area contributed by atoms with Gasteiger partial charge in [-0.05, 0) is 85.7 Å². The Kier molecular flexibility index (Phi) is 9.85. The van der Waals surface area contributed by atoms with E-state index in [0.29, 0.717) is 30.8 Å². The second-order valence-electron chi connectivity index (χ2n) is 9.26. The van der Waals surface area contributed by atoms with Crippen LogP contribution in [0.4, 0.5) is 10.1 Å². The maximum absolute atomic E-state index is 13.7. The number of furan rings is 1. The Morgan fingerprint density at radius 1 is 0.975 bits per heavy atom. The van der Waals surface area contributed by atoms with Crippen molar-refractivity contribution in [2.24, 2.45) is 0 Å². The van der Waals surface area contributed by atoms with Crippen molar-refractivity contribution in [1.29, 1.82) is 0 Å². The number of carbonyl (C=O) groups excluding carboxylic acids is 2. The van der Waals surface area contributed by atoms with E-state index in [9.17, 15) is 22.4 Å². The molecular weight excluding hydrogens is 557 g/mol. The van der Waals surface area contributed by atoms with E-state index in [1.807, 2.05) is 0 Å². The van der Waals surface area contributed by atoms with Crippen LogP contribution in [0.2, 0.25) is 0 Å². The largest absolute Gasteiger partial charge is 0.467 e. The highest BCUT2D eigenvalue weighted by molar-refractivity contribution is 7.89. The molecule has 0 saturated heterocycles. The van der Waals surface area contributed by atoms with Gasteiger partial charge in [0.15, 0.2) is 5.11 Å². The molecule has 1 aliphatic rings. The molecule has 40 heavy (non-hydrogen) atoms. The number of rotatable bonds is 9. The molecule has 212 valence electrons. The van der Waals surface area contributed by atoms with E-state index in [4.69, 9.17) is 16.6 Å². The number of benzene rings is 2. The third-order valence-electron chi connectivity index (χ3n) is 6.43. The van der Waals surface area contributed by atoms with Gasteiger partial charge in [0.25, 0.3) is 5.91 Å². The number of hydrogen-bond acceptors (Lipinski definition) is 6. The Morgan fingerprint density at radius 3 is 2.33 bits per heavy atom. The summed E-state index contributed by atoms with van der Waals surface area (Å²) in [7, 11) is -4.07. The third-order valence-corrected chi connectivity index (χ3v) is 8.58. The highest BCUT2D eigenvalue weighted by Gasteiger charge is 2.34. The first kappa shape index (κ1) is 29.2. The first-order chi connectivity index (χ1) is 19.2. The summed E-state index contributed by atoms with van der Waals surface area (Å²) in [6.07, 6.45) is 5.55. The van der Waals surface area contributed by atoms with Crippen LogP contribution >= 0.6 is 12.2 Å². The normalized spacial score (nSPS) is 13.9. The minimum absolute atomic E-state index is 0.0344. The zero-order valence-corrected chi connectivity index (χ0v) is 23.2. The summed E-state index contributed by atoms with van der Waals surface area (Å²) in [4.78, 5) is 25.3. The molecule has 0 radical (unpaired) electrons. The number of carbonyl (C=O) groups is 2. The van der Waals surface area contributed by atoms with Crippen LogP contribution in [-0.4, -0.2) is 42.2 Å². The predicted molar refractivity (Wildman–Crippen MR) is 151 cm³/mol. The predicted octanol–water partition coefficient (Wildman–Crippen LogP) is 3.69. The van der Waals surface area contributed by atoms with Gasteiger partial charge in [-0.25, -0.2) is 12.8 Å². The van der Waals surface area contributed by atoms with Gasteiger partial charge in [-0.1, -0.05) is 19.3 Å². The fourth-order valence-electron chi connectivity index (χ4n) is 4.38. The number of sulfonamides is 1. The lowest BCUT2D eigenvalue weighted by molar-refractivity contribution is -0.116. The molecule has 0 atom stereocenters. The van der Waals surface area contributed by atoms with E-state index in [-0.39, 0.29) is 28.2 Å². The molecule has 0 spiro atoms. The summed E-state index contributed by atoms with van der Waals surface area (Å²) in [6, 6.07) is 13.9. The number of hydrogen-bond donors (Lipinski definition) is 4. The minimum Gasteiger partial charge on any atom is -0.467 e. The zero-order chi connectivity index (χ0) is 28.5. The van der Waals surface area contributed by atoms with Crippen molar-refractivity contribution in [1.82, 2.24) is 20.5 Å². The van der Waals surface area contributed by atoms with E-state index in [1.54, 1.807) is 12.1 Å². The average Bonchev–Trinajstić information content (AvgIpc) is 3.49. The summed E-state index contributed by atoms with van der Waals surface area (Å²) in [6.45, 7) is -0.0559. The van der Waals surface area contributed by atoms with Gasteiger partial charge in [0.05, 0.1) is 24.2 Å². The van der Waals surface area contributed by atoms with Gasteiger partial charge in [0.2, 0.25) is 15.9 Å². The van der Waals surface area contributed by atoms with Crippen LogP contribution in [0.15, 0.2) is 76.2 Å². The molecule has 0 unspecified atom stereocenters. The molecule has 3 aromatic rings. The summed E-state index contributed by atoms with van der Waals surface area (Å²) < 4.78 is 47.0. The Labute approximate surface area is 237 Å². The minimum atomic E-state index is -4.07. The molecule has 1 saturated carbocycles. The maximum Gasteiger partial charge on any atom is 0.269 e. The number of halogens is 1. The molecule has 13 heteroatoms. The Morgan fingerprint density at radius 2 is 1.68 bits per heavy atom.